The summed E-state index contributed by atoms with van der Waals surface area (Å²) in [5.41, 5.74) is 0.217. The number of hydrogen-bond acceptors (Lipinski definition) is 2. The third kappa shape index (κ3) is 18.7. The summed E-state index contributed by atoms with van der Waals surface area (Å²) in [4.78, 5) is 0. The first-order valence-corrected chi connectivity index (χ1v) is 3.25. The van der Waals surface area contributed by atoms with E-state index in [9.17, 15) is 0 Å². The molecule has 0 aromatic carbocycles. The number of rotatable bonds is 3. The second kappa shape index (κ2) is 10.0. The van der Waals surface area contributed by atoms with Gasteiger partial charge in [0.05, 0.1) is 19.8 Å². The van der Waals surface area contributed by atoms with Crippen LogP contribution in [0, 0.1) is 5.41 Å². The Kier molecular flexibility index (Phi) is 17.0. The van der Waals surface area contributed by atoms with Crippen molar-refractivity contribution in [1.29, 1.82) is 0 Å². The number of aliphatic hydroxyl groups is 1. The van der Waals surface area contributed by atoms with E-state index in [2.05, 4.69) is 20.8 Å². The van der Waals surface area contributed by atoms with Gasteiger partial charge >= 0.3 is 59.1 Å². The van der Waals surface area contributed by atoms with Gasteiger partial charge in [0, 0.05) is 0 Å². The maximum absolute atomic E-state index is 8.34. The van der Waals surface area contributed by atoms with Gasteiger partial charge in [0.1, 0.15) is 0 Å². The van der Waals surface area contributed by atoms with Crippen LogP contribution in [-0.4, -0.2) is 24.9 Å². The summed E-state index contributed by atoms with van der Waals surface area (Å²) >= 11 is 0. The van der Waals surface area contributed by atoms with Crippen molar-refractivity contribution < 1.29 is 71.8 Å². The molecule has 60 valence electrons. The van der Waals surface area contributed by atoms with Crippen LogP contribution in [0.3, 0.4) is 0 Å². The van der Waals surface area contributed by atoms with Crippen LogP contribution in [0.4, 0.5) is 0 Å². The van der Waals surface area contributed by atoms with Gasteiger partial charge in [-0.15, -0.1) is 0 Å². The van der Waals surface area contributed by atoms with Gasteiger partial charge in [0.25, 0.3) is 0 Å². The zero-order valence-corrected chi connectivity index (χ0v) is 12.5. The standard InChI is InChI=1S/C7H16O2.2Na.2H/c1-7(2,3)6-9-5-4-8;;;;/h8H,4-6H2,1-3H3;;;;/q;2*+1;2*-1. The van der Waals surface area contributed by atoms with Crippen LogP contribution in [0.25, 0.3) is 0 Å². The molecule has 0 aliphatic rings. The Morgan fingerprint density at radius 3 is 2.00 bits per heavy atom. The first-order chi connectivity index (χ1) is 4.06. The zero-order valence-electron chi connectivity index (χ0n) is 10.5. The average Bonchev–Trinajstić information content (AvgIpc) is 1.63. The molecule has 2 nitrogen and oxygen atoms in total. The Hall–Kier alpha value is 1.92. The predicted octanol–water partition coefficient (Wildman–Crippen LogP) is -4.73. The fourth-order valence-electron chi connectivity index (χ4n) is 0.443. The van der Waals surface area contributed by atoms with Crippen LogP contribution in [0.1, 0.15) is 23.6 Å². The van der Waals surface area contributed by atoms with E-state index >= 15 is 0 Å². The SMILES string of the molecule is CC(C)(C)COCCO.[H-].[H-].[Na+].[Na+]. The first kappa shape index (κ1) is 18.7. The van der Waals surface area contributed by atoms with Gasteiger partial charge in [-0.05, 0) is 5.41 Å². The second-order valence-corrected chi connectivity index (χ2v) is 3.34. The van der Waals surface area contributed by atoms with Crippen molar-refractivity contribution in [2.45, 2.75) is 20.8 Å². The predicted molar refractivity (Wildman–Crippen MR) is 39.6 cm³/mol. The number of ether oxygens (including phenoxy) is 1. The fourth-order valence-corrected chi connectivity index (χ4v) is 0.443. The Morgan fingerprint density at radius 2 is 1.73 bits per heavy atom. The average molecular weight is 180 g/mol. The normalized spacial score (nSPS) is 9.82. The molecule has 0 heterocycles. The molecule has 0 saturated heterocycles. The molecular formula is C7H18Na2O2. The summed E-state index contributed by atoms with van der Waals surface area (Å²) in [5, 5.41) is 8.34. The summed E-state index contributed by atoms with van der Waals surface area (Å²) in [6, 6.07) is 0. The van der Waals surface area contributed by atoms with Crippen LogP contribution in [0.15, 0.2) is 0 Å². The van der Waals surface area contributed by atoms with Crippen LogP contribution in [0.2, 0.25) is 0 Å². The molecule has 0 aromatic heterocycles. The van der Waals surface area contributed by atoms with E-state index in [1.54, 1.807) is 0 Å². The van der Waals surface area contributed by atoms with Crippen LogP contribution < -0.4 is 59.1 Å². The summed E-state index contributed by atoms with van der Waals surface area (Å²) in [7, 11) is 0. The Morgan fingerprint density at radius 1 is 1.27 bits per heavy atom. The summed E-state index contributed by atoms with van der Waals surface area (Å²) in [5.74, 6) is 0. The molecular weight excluding hydrogens is 162 g/mol. The molecule has 0 unspecified atom stereocenters. The van der Waals surface area contributed by atoms with Crippen LogP contribution in [-0.2, 0) is 4.74 Å². The van der Waals surface area contributed by atoms with Gasteiger partial charge in [-0.3, -0.25) is 0 Å². The van der Waals surface area contributed by atoms with Crippen LogP contribution in [0.5, 0.6) is 0 Å². The van der Waals surface area contributed by atoms with E-state index < -0.39 is 0 Å². The molecule has 0 radical (unpaired) electrons. The van der Waals surface area contributed by atoms with Gasteiger partial charge in [0.15, 0.2) is 0 Å². The maximum Gasteiger partial charge on any atom is 1.00 e. The third-order valence-electron chi connectivity index (χ3n) is 0.771. The van der Waals surface area contributed by atoms with Crippen LogP contribution >= 0.6 is 0 Å². The summed E-state index contributed by atoms with van der Waals surface area (Å²) in [6.45, 7) is 7.60. The first-order valence-electron chi connectivity index (χ1n) is 3.25. The number of hydrogen-bond donors (Lipinski definition) is 1. The van der Waals surface area contributed by atoms with E-state index in [4.69, 9.17) is 9.84 Å². The molecule has 0 aromatic rings. The Labute approximate surface area is 117 Å². The smallest absolute Gasteiger partial charge is 1.00 e. The molecule has 0 spiro atoms. The van der Waals surface area contributed by atoms with E-state index in [0.717, 1.165) is 0 Å². The number of aliphatic hydroxyl groups excluding tert-OH is 1. The Bertz CT molecular complexity index is 79.4. The minimum Gasteiger partial charge on any atom is -1.00 e. The van der Waals surface area contributed by atoms with E-state index in [-0.39, 0.29) is 74.0 Å². The quantitative estimate of drug-likeness (QED) is 0.349. The largest absolute Gasteiger partial charge is 1.00 e. The topological polar surface area (TPSA) is 29.5 Å². The van der Waals surface area contributed by atoms with Crippen molar-refractivity contribution in [3.63, 3.8) is 0 Å². The maximum atomic E-state index is 8.34. The minimum atomic E-state index is 0. The molecule has 0 saturated carbocycles. The van der Waals surface area contributed by atoms with Crippen molar-refractivity contribution in [1.82, 2.24) is 0 Å². The summed E-state index contributed by atoms with van der Waals surface area (Å²) < 4.78 is 5.10. The van der Waals surface area contributed by atoms with Gasteiger partial charge < -0.3 is 12.7 Å². The van der Waals surface area contributed by atoms with Crippen molar-refractivity contribution in [3.05, 3.63) is 0 Å². The van der Waals surface area contributed by atoms with Crippen molar-refractivity contribution in [2.24, 2.45) is 5.41 Å². The zero-order chi connectivity index (χ0) is 7.33. The molecule has 11 heavy (non-hydrogen) atoms. The minimum absolute atomic E-state index is 0. The molecule has 1 N–H and O–H groups in total. The van der Waals surface area contributed by atoms with Gasteiger partial charge in [-0.2, -0.15) is 0 Å². The second-order valence-electron chi connectivity index (χ2n) is 3.34. The molecule has 0 amide bonds. The molecule has 0 rings (SSSR count). The molecule has 0 bridgehead atoms. The van der Waals surface area contributed by atoms with Crippen molar-refractivity contribution in [2.75, 3.05) is 19.8 Å². The van der Waals surface area contributed by atoms with Gasteiger partial charge in [-0.1, -0.05) is 20.8 Å². The van der Waals surface area contributed by atoms with E-state index in [1.165, 1.54) is 0 Å². The molecule has 4 heteroatoms. The van der Waals surface area contributed by atoms with Crippen molar-refractivity contribution >= 4 is 0 Å². The molecule has 0 fully saturated rings. The fraction of sp³-hybridized carbons (Fsp3) is 1.00. The Balaban J connectivity index is -0.0000000533. The molecule has 0 atom stereocenters. The van der Waals surface area contributed by atoms with Gasteiger partial charge in [0.2, 0.25) is 0 Å². The summed E-state index contributed by atoms with van der Waals surface area (Å²) in [6.07, 6.45) is 0. The van der Waals surface area contributed by atoms with E-state index in [1.807, 2.05) is 0 Å². The monoisotopic (exact) mass is 180 g/mol. The molecule has 0 aliphatic carbocycles. The van der Waals surface area contributed by atoms with E-state index in [0.29, 0.717) is 13.2 Å². The third-order valence-corrected chi connectivity index (χ3v) is 0.771. The van der Waals surface area contributed by atoms with Crippen molar-refractivity contribution in [3.8, 4) is 0 Å². The van der Waals surface area contributed by atoms with Gasteiger partial charge in [-0.25, -0.2) is 0 Å². The molecule has 0 aliphatic heterocycles.